The summed E-state index contributed by atoms with van der Waals surface area (Å²) in [6.45, 7) is 8.59. The number of hydrogen-bond donors (Lipinski definition) is 2. The summed E-state index contributed by atoms with van der Waals surface area (Å²) in [6, 6.07) is 1.78. The summed E-state index contributed by atoms with van der Waals surface area (Å²) in [5, 5.41) is 9.29. The Bertz CT molecular complexity index is 744. The van der Waals surface area contributed by atoms with E-state index < -0.39 is 0 Å². The molecular formula is C18H28IN5O2S. The van der Waals surface area contributed by atoms with Gasteiger partial charge in [0.2, 0.25) is 0 Å². The molecule has 0 saturated carbocycles. The zero-order valence-corrected chi connectivity index (χ0v) is 19.4. The molecule has 2 heterocycles. The molecule has 0 aliphatic carbocycles. The number of aromatic nitrogens is 1. The van der Waals surface area contributed by atoms with Crippen molar-refractivity contribution >= 4 is 47.2 Å². The lowest BCUT2D eigenvalue weighted by molar-refractivity contribution is 0.0925. The summed E-state index contributed by atoms with van der Waals surface area (Å²) in [5.41, 5.74) is 1.88. The molecule has 150 valence electrons. The molecule has 27 heavy (non-hydrogen) atoms. The van der Waals surface area contributed by atoms with Crippen molar-refractivity contribution in [1.29, 1.82) is 0 Å². The van der Waals surface area contributed by atoms with E-state index in [9.17, 15) is 4.79 Å². The number of carbonyl (C=O) groups excluding carboxylic acids is 1. The Kier molecular flexibility index (Phi) is 10.4. The van der Waals surface area contributed by atoms with Gasteiger partial charge in [-0.05, 0) is 33.3 Å². The average molecular weight is 505 g/mol. The van der Waals surface area contributed by atoms with Crippen LogP contribution in [0.4, 0.5) is 0 Å². The number of carbonyl (C=O) groups is 1. The SMILES string of the molecule is CCNC(=NCCCNC(=O)c1occc1C)N(C)Cc1csc(C)n1.I. The third kappa shape index (κ3) is 7.49. The van der Waals surface area contributed by atoms with E-state index in [-0.39, 0.29) is 29.9 Å². The highest BCUT2D eigenvalue weighted by molar-refractivity contribution is 14.0. The molecule has 0 atom stereocenters. The lowest BCUT2D eigenvalue weighted by atomic mass is 10.2. The van der Waals surface area contributed by atoms with Gasteiger partial charge in [-0.15, -0.1) is 35.3 Å². The minimum atomic E-state index is -0.181. The molecule has 7 nitrogen and oxygen atoms in total. The molecule has 0 radical (unpaired) electrons. The average Bonchev–Trinajstić information content (AvgIpc) is 3.21. The fourth-order valence-corrected chi connectivity index (χ4v) is 3.02. The molecule has 0 saturated heterocycles. The van der Waals surface area contributed by atoms with Gasteiger partial charge in [0.15, 0.2) is 11.7 Å². The fourth-order valence-electron chi connectivity index (χ4n) is 2.42. The van der Waals surface area contributed by atoms with Gasteiger partial charge in [0.1, 0.15) is 0 Å². The summed E-state index contributed by atoms with van der Waals surface area (Å²) in [5.74, 6) is 1.03. The van der Waals surface area contributed by atoms with Gasteiger partial charge in [-0.3, -0.25) is 9.79 Å². The highest BCUT2D eigenvalue weighted by Gasteiger charge is 2.11. The molecular weight excluding hydrogens is 477 g/mol. The first kappa shape index (κ1) is 23.4. The second kappa shape index (κ2) is 12.0. The molecule has 1 amide bonds. The van der Waals surface area contributed by atoms with E-state index in [1.54, 1.807) is 17.4 Å². The molecule has 0 aromatic carbocycles. The summed E-state index contributed by atoms with van der Waals surface area (Å²) in [7, 11) is 2.00. The Hall–Kier alpha value is -1.62. The summed E-state index contributed by atoms with van der Waals surface area (Å²) in [4.78, 5) is 23.1. The van der Waals surface area contributed by atoms with Gasteiger partial charge in [-0.2, -0.15) is 0 Å². The van der Waals surface area contributed by atoms with E-state index in [0.717, 1.165) is 35.2 Å². The number of aliphatic imine (C=N–C) groups is 1. The van der Waals surface area contributed by atoms with Crippen LogP contribution in [-0.2, 0) is 6.54 Å². The van der Waals surface area contributed by atoms with Crippen molar-refractivity contribution in [3.63, 3.8) is 0 Å². The van der Waals surface area contributed by atoms with Gasteiger partial charge in [0, 0.05) is 37.6 Å². The molecule has 0 aliphatic heterocycles. The predicted molar refractivity (Wildman–Crippen MR) is 120 cm³/mol. The quantitative estimate of drug-likeness (QED) is 0.249. The normalized spacial score (nSPS) is 11.0. The minimum absolute atomic E-state index is 0. The summed E-state index contributed by atoms with van der Waals surface area (Å²) >= 11 is 1.65. The van der Waals surface area contributed by atoms with Crippen LogP contribution in [0.2, 0.25) is 0 Å². The number of rotatable bonds is 8. The maximum atomic E-state index is 12.0. The van der Waals surface area contributed by atoms with Crippen LogP contribution in [0.15, 0.2) is 27.1 Å². The second-order valence-corrected chi connectivity index (χ2v) is 7.05. The van der Waals surface area contributed by atoms with E-state index in [2.05, 4.69) is 30.9 Å². The maximum absolute atomic E-state index is 12.0. The standard InChI is InChI=1S/C18H27N5O2S.HI/c1-5-19-18(23(4)11-15-12-26-14(3)22-15)21-9-6-8-20-17(24)16-13(2)7-10-25-16;/h7,10,12H,5-6,8-9,11H2,1-4H3,(H,19,21)(H,20,24);1H. The molecule has 2 N–H and O–H groups in total. The number of amides is 1. The first-order valence-electron chi connectivity index (χ1n) is 8.74. The number of halogens is 1. The van der Waals surface area contributed by atoms with Crippen molar-refractivity contribution in [2.45, 2.75) is 33.7 Å². The van der Waals surface area contributed by atoms with Gasteiger partial charge in [-0.25, -0.2) is 4.98 Å². The van der Waals surface area contributed by atoms with Gasteiger partial charge in [-0.1, -0.05) is 0 Å². The first-order valence-corrected chi connectivity index (χ1v) is 9.62. The van der Waals surface area contributed by atoms with Crippen molar-refractivity contribution in [2.24, 2.45) is 4.99 Å². The Labute approximate surface area is 181 Å². The molecule has 2 rings (SSSR count). The number of thiazole rings is 1. The van der Waals surface area contributed by atoms with Crippen LogP contribution in [0, 0.1) is 13.8 Å². The number of hydrogen-bond acceptors (Lipinski definition) is 5. The minimum Gasteiger partial charge on any atom is -0.459 e. The van der Waals surface area contributed by atoms with Gasteiger partial charge in [0.25, 0.3) is 5.91 Å². The second-order valence-electron chi connectivity index (χ2n) is 5.99. The van der Waals surface area contributed by atoms with Crippen LogP contribution >= 0.6 is 35.3 Å². The molecule has 0 bridgehead atoms. The lowest BCUT2D eigenvalue weighted by Gasteiger charge is -2.21. The van der Waals surface area contributed by atoms with E-state index in [4.69, 9.17) is 4.42 Å². The van der Waals surface area contributed by atoms with Crippen molar-refractivity contribution in [1.82, 2.24) is 20.5 Å². The number of nitrogens with one attached hydrogen (secondary N) is 2. The van der Waals surface area contributed by atoms with E-state index in [0.29, 0.717) is 25.4 Å². The number of nitrogens with zero attached hydrogens (tertiary/aromatic N) is 3. The molecule has 0 spiro atoms. The lowest BCUT2D eigenvalue weighted by Crippen LogP contribution is -2.38. The fraction of sp³-hybridized carbons (Fsp3) is 0.500. The molecule has 2 aromatic rings. The van der Waals surface area contributed by atoms with E-state index in [1.165, 1.54) is 6.26 Å². The molecule has 9 heteroatoms. The Morgan fingerprint density at radius 2 is 2.15 bits per heavy atom. The Balaban J connectivity index is 0.00000364. The van der Waals surface area contributed by atoms with Gasteiger partial charge in [0.05, 0.1) is 23.5 Å². The van der Waals surface area contributed by atoms with Crippen LogP contribution in [-0.4, -0.2) is 48.4 Å². The van der Waals surface area contributed by atoms with Crippen molar-refractivity contribution in [3.8, 4) is 0 Å². The van der Waals surface area contributed by atoms with E-state index >= 15 is 0 Å². The smallest absolute Gasteiger partial charge is 0.287 e. The number of furan rings is 1. The monoisotopic (exact) mass is 505 g/mol. The van der Waals surface area contributed by atoms with Crippen LogP contribution in [0.3, 0.4) is 0 Å². The summed E-state index contributed by atoms with van der Waals surface area (Å²) in [6.07, 6.45) is 2.28. The molecule has 0 aliphatic rings. The van der Waals surface area contributed by atoms with E-state index in [1.807, 2.05) is 27.8 Å². The number of aryl methyl sites for hydroxylation is 2. The van der Waals surface area contributed by atoms with Crippen LogP contribution in [0.5, 0.6) is 0 Å². The number of guanidine groups is 1. The highest BCUT2D eigenvalue weighted by atomic mass is 127. The maximum Gasteiger partial charge on any atom is 0.287 e. The molecule has 0 unspecified atom stereocenters. The predicted octanol–water partition coefficient (Wildman–Crippen LogP) is 3.19. The van der Waals surface area contributed by atoms with Crippen LogP contribution < -0.4 is 10.6 Å². The highest BCUT2D eigenvalue weighted by Crippen LogP contribution is 2.10. The summed E-state index contributed by atoms with van der Waals surface area (Å²) < 4.78 is 5.18. The van der Waals surface area contributed by atoms with Gasteiger partial charge < -0.3 is 20.0 Å². The first-order chi connectivity index (χ1) is 12.5. The van der Waals surface area contributed by atoms with Crippen molar-refractivity contribution in [2.75, 3.05) is 26.7 Å². The Morgan fingerprint density at radius 3 is 2.74 bits per heavy atom. The zero-order valence-electron chi connectivity index (χ0n) is 16.2. The van der Waals surface area contributed by atoms with Crippen LogP contribution in [0.1, 0.15) is 40.2 Å². The third-order valence-corrected chi connectivity index (χ3v) is 4.53. The van der Waals surface area contributed by atoms with Crippen molar-refractivity contribution in [3.05, 3.63) is 39.7 Å². The van der Waals surface area contributed by atoms with Crippen molar-refractivity contribution < 1.29 is 9.21 Å². The largest absolute Gasteiger partial charge is 0.459 e. The molecule has 2 aromatic heterocycles. The third-order valence-electron chi connectivity index (χ3n) is 3.71. The molecule has 0 fully saturated rings. The topological polar surface area (TPSA) is 82.8 Å². The Morgan fingerprint density at radius 1 is 1.37 bits per heavy atom. The van der Waals surface area contributed by atoms with Crippen LogP contribution in [0.25, 0.3) is 0 Å². The zero-order chi connectivity index (χ0) is 18.9. The van der Waals surface area contributed by atoms with Gasteiger partial charge >= 0.3 is 0 Å².